The Balaban J connectivity index is 2.28. The van der Waals surface area contributed by atoms with Crippen LogP contribution in [0.1, 0.15) is 43.2 Å². The van der Waals surface area contributed by atoms with Crippen molar-refractivity contribution in [2.75, 3.05) is 0 Å². The van der Waals surface area contributed by atoms with E-state index in [0.717, 1.165) is 11.2 Å². The van der Waals surface area contributed by atoms with Crippen LogP contribution in [0.2, 0.25) is 0 Å². The van der Waals surface area contributed by atoms with Crippen molar-refractivity contribution in [3.8, 4) is 0 Å². The van der Waals surface area contributed by atoms with E-state index in [1.54, 1.807) is 0 Å². The third kappa shape index (κ3) is 1.35. The van der Waals surface area contributed by atoms with Gasteiger partial charge in [-0.2, -0.15) is 0 Å². The lowest BCUT2D eigenvalue weighted by Crippen LogP contribution is -2.11. The summed E-state index contributed by atoms with van der Waals surface area (Å²) >= 11 is 0. The molecule has 2 aromatic rings. The van der Waals surface area contributed by atoms with Crippen LogP contribution in [0.3, 0.4) is 0 Å². The minimum absolute atomic E-state index is 0.0559. The zero-order valence-corrected chi connectivity index (χ0v) is 8.85. The first kappa shape index (κ1) is 8.92. The van der Waals surface area contributed by atoms with Gasteiger partial charge < -0.3 is 5.73 Å². The van der Waals surface area contributed by atoms with Gasteiger partial charge in [0.1, 0.15) is 5.82 Å². The topological polar surface area (TPSA) is 43.3 Å². The number of rotatable bonds is 2. The van der Waals surface area contributed by atoms with Gasteiger partial charge in [-0.25, -0.2) is 4.98 Å². The van der Waals surface area contributed by atoms with Crippen LogP contribution in [0, 0.1) is 0 Å². The first-order valence-corrected chi connectivity index (χ1v) is 5.49. The fraction of sp³-hybridized carbons (Fsp3) is 0.417. The maximum atomic E-state index is 5.98. The summed E-state index contributed by atoms with van der Waals surface area (Å²) in [7, 11) is 0. The van der Waals surface area contributed by atoms with Crippen LogP contribution in [0.15, 0.2) is 24.4 Å². The Hall–Kier alpha value is -1.35. The van der Waals surface area contributed by atoms with E-state index >= 15 is 0 Å². The standard InChI is InChI=1S/C12H15N3/c1-8(13)11-4-2-3-10-7-14-12(15(10)11)9-5-6-9/h2-4,7-9H,5-6,13H2,1H3. The minimum Gasteiger partial charge on any atom is -0.323 e. The van der Waals surface area contributed by atoms with Crippen molar-refractivity contribution >= 4 is 5.52 Å². The molecular formula is C12H15N3. The molecule has 0 aromatic carbocycles. The molecule has 0 aliphatic heterocycles. The lowest BCUT2D eigenvalue weighted by molar-refractivity contribution is 0.741. The molecule has 15 heavy (non-hydrogen) atoms. The number of nitrogens with zero attached hydrogens (tertiary/aromatic N) is 2. The molecule has 2 aromatic heterocycles. The van der Waals surface area contributed by atoms with Crippen molar-refractivity contribution in [2.45, 2.75) is 31.7 Å². The van der Waals surface area contributed by atoms with Crippen LogP contribution in [0.4, 0.5) is 0 Å². The Morgan fingerprint density at radius 3 is 2.93 bits per heavy atom. The molecule has 0 spiro atoms. The van der Waals surface area contributed by atoms with Crippen LogP contribution in [0.5, 0.6) is 0 Å². The maximum absolute atomic E-state index is 5.98. The number of nitrogens with two attached hydrogens (primary N) is 1. The predicted octanol–water partition coefficient (Wildman–Crippen LogP) is 2.23. The number of fused-ring (bicyclic) bond motifs is 1. The molecule has 0 amide bonds. The molecule has 1 fully saturated rings. The van der Waals surface area contributed by atoms with E-state index in [9.17, 15) is 0 Å². The molecule has 1 aliphatic rings. The van der Waals surface area contributed by atoms with E-state index in [4.69, 9.17) is 5.73 Å². The van der Waals surface area contributed by atoms with E-state index in [1.165, 1.54) is 18.7 Å². The van der Waals surface area contributed by atoms with E-state index in [2.05, 4.69) is 21.5 Å². The third-order valence-electron chi connectivity index (χ3n) is 3.02. The number of imidazole rings is 1. The zero-order chi connectivity index (χ0) is 10.4. The monoisotopic (exact) mass is 201 g/mol. The Kier molecular flexibility index (Phi) is 1.83. The maximum Gasteiger partial charge on any atom is 0.116 e. The first-order chi connectivity index (χ1) is 7.27. The Labute approximate surface area is 88.9 Å². The largest absolute Gasteiger partial charge is 0.323 e. The highest BCUT2D eigenvalue weighted by Gasteiger charge is 2.28. The molecule has 0 saturated heterocycles. The first-order valence-electron chi connectivity index (χ1n) is 5.49. The van der Waals surface area contributed by atoms with Crippen LogP contribution in [-0.2, 0) is 0 Å². The molecule has 3 nitrogen and oxygen atoms in total. The van der Waals surface area contributed by atoms with Crippen molar-refractivity contribution in [1.82, 2.24) is 9.38 Å². The van der Waals surface area contributed by atoms with Crippen LogP contribution in [0.25, 0.3) is 5.52 Å². The van der Waals surface area contributed by atoms with Gasteiger partial charge in [-0.3, -0.25) is 4.40 Å². The molecule has 1 unspecified atom stereocenters. The van der Waals surface area contributed by atoms with Crippen LogP contribution < -0.4 is 5.73 Å². The molecule has 0 bridgehead atoms. The summed E-state index contributed by atoms with van der Waals surface area (Å²) in [6.07, 6.45) is 4.48. The van der Waals surface area contributed by atoms with Gasteiger partial charge in [-0.05, 0) is 31.9 Å². The van der Waals surface area contributed by atoms with Gasteiger partial charge in [-0.1, -0.05) is 6.07 Å². The van der Waals surface area contributed by atoms with Gasteiger partial charge in [-0.15, -0.1) is 0 Å². The lowest BCUT2D eigenvalue weighted by atomic mass is 10.2. The molecule has 1 saturated carbocycles. The number of hydrogen-bond acceptors (Lipinski definition) is 2. The highest BCUT2D eigenvalue weighted by atomic mass is 15.0. The van der Waals surface area contributed by atoms with Gasteiger partial charge in [0.05, 0.1) is 11.7 Å². The van der Waals surface area contributed by atoms with Crippen LogP contribution in [-0.4, -0.2) is 9.38 Å². The van der Waals surface area contributed by atoms with Crippen LogP contribution >= 0.6 is 0 Å². The second-order valence-electron chi connectivity index (χ2n) is 4.39. The van der Waals surface area contributed by atoms with Gasteiger partial charge in [0.2, 0.25) is 0 Å². The number of pyridine rings is 1. The minimum atomic E-state index is 0.0559. The molecule has 3 heteroatoms. The van der Waals surface area contributed by atoms with Crippen molar-refractivity contribution < 1.29 is 0 Å². The van der Waals surface area contributed by atoms with E-state index in [1.807, 2.05) is 19.2 Å². The number of aromatic nitrogens is 2. The van der Waals surface area contributed by atoms with Gasteiger partial charge in [0, 0.05) is 17.7 Å². The quantitative estimate of drug-likeness (QED) is 0.809. The summed E-state index contributed by atoms with van der Waals surface area (Å²) in [5, 5.41) is 0. The molecular weight excluding hydrogens is 186 g/mol. The Bertz CT molecular complexity index is 495. The average Bonchev–Trinajstić information content (AvgIpc) is 2.97. The summed E-state index contributed by atoms with van der Waals surface area (Å²) in [6.45, 7) is 2.02. The summed E-state index contributed by atoms with van der Waals surface area (Å²) in [6, 6.07) is 6.28. The highest BCUT2D eigenvalue weighted by molar-refractivity contribution is 5.48. The van der Waals surface area contributed by atoms with Crippen molar-refractivity contribution in [3.05, 3.63) is 35.9 Å². The third-order valence-corrected chi connectivity index (χ3v) is 3.02. The highest BCUT2D eigenvalue weighted by Crippen LogP contribution is 2.39. The van der Waals surface area contributed by atoms with Gasteiger partial charge in [0.15, 0.2) is 0 Å². The average molecular weight is 201 g/mol. The predicted molar refractivity (Wildman–Crippen MR) is 59.8 cm³/mol. The molecule has 78 valence electrons. The normalized spacial score (nSPS) is 18.3. The molecule has 1 atom stereocenters. The van der Waals surface area contributed by atoms with E-state index in [-0.39, 0.29) is 6.04 Å². The fourth-order valence-electron chi connectivity index (χ4n) is 2.08. The van der Waals surface area contributed by atoms with E-state index in [0.29, 0.717) is 5.92 Å². The lowest BCUT2D eigenvalue weighted by Gasteiger charge is -2.11. The number of hydrogen-bond donors (Lipinski definition) is 1. The zero-order valence-electron chi connectivity index (χ0n) is 8.85. The van der Waals surface area contributed by atoms with Crippen molar-refractivity contribution in [3.63, 3.8) is 0 Å². The fourth-order valence-corrected chi connectivity index (χ4v) is 2.08. The Morgan fingerprint density at radius 2 is 2.27 bits per heavy atom. The molecule has 2 N–H and O–H groups in total. The molecule has 1 aliphatic carbocycles. The van der Waals surface area contributed by atoms with Gasteiger partial charge in [0.25, 0.3) is 0 Å². The summed E-state index contributed by atoms with van der Waals surface area (Å²) < 4.78 is 2.22. The van der Waals surface area contributed by atoms with E-state index < -0.39 is 0 Å². The SMILES string of the molecule is CC(N)c1cccc2cnc(C3CC3)n12. The summed E-state index contributed by atoms with van der Waals surface area (Å²) in [5.74, 6) is 1.85. The van der Waals surface area contributed by atoms with Crippen molar-refractivity contribution in [1.29, 1.82) is 0 Å². The second kappa shape index (κ2) is 3.07. The Morgan fingerprint density at radius 1 is 1.47 bits per heavy atom. The van der Waals surface area contributed by atoms with Gasteiger partial charge >= 0.3 is 0 Å². The summed E-state index contributed by atoms with van der Waals surface area (Å²) in [4.78, 5) is 4.51. The molecule has 3 rings (SSSR count). The smallest absolute Gasteiger partial charge is 0.116 e. The van der Waals surface area contributed by atoms with Crippen molar-refractivity contribution in [2.24, 2.45) is 5.73 Å². The summed E-state index contributed by atoms with van der Waals surface area (Å²) in [5.41, 5.74) is 8.30. The molecule has 0 radical (unpaired) electrons. The second-order valence-corrected chi connectivity index (χ2v) is 4.39. The molecule has 2 heterocycles.